The van der Waals surface area contributed by atoms with Crippen molar-refractivity contribution in [2.75, 3.05) is 6.61 Å². The fraction of sp³-hybridized carbons (Fsp3) is 0.176. The van der Waals surface area contributed by atoms with Crippen LogP contribution in [-0.4, -0.2) is 18.5 Å². The molecule has 5 nitrogen and oxygen atoms in total. The van der Waals surface area contributed by atoms with Gasteiger partial charge in [0.15, 0.2) is 6.61 Å². The number of carbonyl (C=O) groups is 2. The van der Waals surface area contributed by atoms with Crippen LogP contribution in [0.4, 0.5) is 0 Å². The predicted molar refractivity (Wildman–Crippen MR) is 86.7 cm³/mol. The van der Waals surface area contributed by atoms with E-state index in [-0.39, 0.29) is 12.6 Å². The Balaban J connectivity index is 1.78. The number of hydrogen-bond donors (Lipinski definition) is 1. The third kappa shape index (κ3) is 5.30. The molecule has 1 atom stereocenters. The Kier molecular flexibility index (Phi) is 6.00. The highest BCUT2D eigenvalue weighted by Gasteiger charge is 2.12. The predicted octanol–water partition coefficient (Wildman–Crippen LogP) is 3.37. The summed E-state index contributed by atoms with van der Waals surface area (Å²) in [6.07, 6.45) is 4.29. The topological polar surface area (TPSA) is 68.5 Å². The second-order valence-electron chi connectivity index (χ2n) is 4.77. The third-order valence-corrected chi connectivity index (χ3v) is 3.34. The van der Waals surface area contributed by atoms with Crippen LogP contribution < -0.4 is 5.32 Å². The number of nitrogens with one attached hydrogen (secondary N) is 1. The molecule has 1 aromatic carbocycles. The fourth-order valence-corrected chi connectivity index (χ4v) is 2.04. The van der Waals surface area contributed by atoms with Gasteiger partial charge >= 0.3 is 5.97 Å². The van der Waals surface area contributed by atoms with Gasteiger partial charge in [-0.05, 0) is 36.8 Å². The van der Waals surface area contributed by atoms with E-state index in [4.69, 9.17) is 20.8 Å². The second-order valence-corrected chi connectivity index (χ2v) is 5.17. The molecule has 0 spiro atoms. The van der Waals surface area contributed by atoms with Gasteiger partial charge in [-0.2, -0.15) is 0 Å². The molecule has 6 heteroatoms. The lowest BCUT2D eigenvalue weighted by molar-refractivity contribution is -0.144. The summed E-state index contributed by atoms with van der Waals surface area (Å²) in [5.74, 6) is -0.401. The molecular weight excluding hydrogens is 318 g/mol. The van der Waals surface area contributed by atoms with E-state index in [1.54, 1.807) is 43.3 Å². The molecular formula is C17H16ClNO4. The van der Waals surface area contributed by atoms with Crippen molar-refractivity contribution in [3.63, 3.8) is 0 Å². The first-order chi connectivity index (χ1) is 11.1. The van der Waals surface area contributed by atoms with Crippen molar-refractivity contribution in [2.24, 2.45) is 0 Å². The molecule has 0 unspecified atom stereocenters. The number of rotatable bonds is 6. The summed E-state index contributed by atoms with van der Waals surface area (Å²) in [7, 11) is 0. The first-order valence-electron chi connectivity index (χ1n) is 6.98. The number of benzene rings is 1. The Morgan fingerprint density at radius 2 is 2.09 bits per heavy atom. The Hall–Kier alpha value is -2.53. The molecule has 0 bridgehead atoms. The molecule has 0 saturated carbocycles. The number of esters is 1. The standard InChI is InChI=1S/C17H16ClNO4/c1-12(15-7-4-10-22-15)19-16(20)11-23-17(21)9-8-13-5-2-3-6-14(13)18/h2-10,12H,11H2,1H3,(H,19,20)/b9-8+/t12-/m1/s1. The first-order valence-corrected chi connectivity index (χ1v) is 7.36. The molecule has 0 saturated heterocycles. The van der Waals surface area contributed by atoms with E-state index in [1.807, 2.05) is 0 Å². The highest BCUT2D eigenvalue weighted by molar-refractivity contribution is 6.32. The number of furan rings is 1. The largest absolute Gasteiger partial charge is 0.467 e. The highest BCUT2D eigenvalue weighted by atomic mass is 35.5. The second kappa shape index (κ2) is 8.19. The van der Waals surface area contributed by atoms with E-state index in [9.17, 15) is 9.59 Å². The number of carbonyl (C=O) groups excluding carboxylic acids is 2. The van der Waals surface area contributed by atoms with Gasteiger partial charge in [0.05, 0.1) is 12.3 Å². The zero-order valence-electron chi connectivity index (χ0n) is 12.5. The third-order valence-electron chi connectivity index (χ3n) is 3.00. The van der Waals surface area contributed by atoms with Crippen LogP contribution >= 0.6 is 11.6 Å². The summed E-state index contributed by atoms with van der Waals surface area (Å²) in [6.45, 7) is 1.41. The van der Waals surface area contributed by atoms with Crippen molar-refractivity contribution in [2.45, 2.75) is 13.0 Å². The maximum Gasteiger partial charge on any atom is 0.331 e. The van der Waals surface area contributed by atoms with E-state index >= 15 is 0 Å². The Bertz CT molecular complexity index is 694. The maximum atomic E-state index is 11.7. The van der Waals surface area contributed by atoms with Gasteiger partial charge in [0.1, 0.15) is 5.76 Å². The van der Waals surface area contributed by atoms with Crippen LogP contribution in [0.25, 0.3) is 6.08 Å². The Morgan fingerprint density at radius 1 is 1.30 bits per heavy atom. The van der Waals surface area contributed by atoms with E-state index in [1.165, 1.54) is 18.4 Å². The van der Waals surface area contributed by atoms with Crippen LogP contribution in [0.5, 0.6) is 0 Å². The monoisotopic (exact) mass is 333 g/mol. The van der Waals surface area contributed by atoms with E-state index in [0.29, 0.717) is 16.3 Å². The van der Waals surface area contributed by atoms with Crippen molar-refractivity contribution in [3.05, 3.63) is 65.1 Å². The van der Waals surface area contributed by atoms with Crippen molar-refractivity contribution in [3.8, 4) is 0 Å². The normalized spacial score (nSPS) is 12.1. The summed E-state index contributed by atoms with van der Waals surface area (Å²) in [6, 6.07) is 10.3. The van der Waals surface area contributed by atoms with Crippen LogP contribution in [0, 0.1) is 0 Å². The quantitative estimate of drug-likeness (QED) is 0.650. The highest BCUT2D eigenvalue weighted by Crippen LogP contribution is 2.16. The molecule has 2 rings (SSSR count). The summed E-state index contributed by atoms with van der Waals surface area (Å²) >= 11 is 5.96. The smallest absolute Gasteiger partial charge is 0.331 e. The molecule has 0 fully saturated rings. The minimum absolute atomic E-state index is 0.296. The lowest BCUT2D eigenvalue weighted by atomic mass is 10.2. The Morgan fingerprint density at radius 3 is 2.78 bits per heavy atom. The molecule has 1 amide bonds. The summed E-state index contributed by atoms with van der Waals surface area (Å²) in [4.78, 5) is 23.3. The van der Waals surface area contributed by atoms with Crippen LogP contribution in [0.2, 0.25) is 5.02 Å². The number of hydrogen-bond acceptors (Lipinski definition) is 4. The number of ether oxygens (including phenoxy) is 1. The van der Waals surface area contributed by atoms with Gasteiger partial charge in [0.25, 0.3) is 5.91 Å². The van der Waals surface area contributed by atoms with E-state index < -0.39 is 11.9 Å². The fourth-order valence-electron chi connectivity index (χ4n) is 1.84. The lowest BCUT2D eigenvalue weighted by Gasteiger charge is -2.11. The molecule has 0 aliphatic heterocycles. The van der Waals surface area contributed by atoms with Crippen molar-refractivity contribution < 1.29 is 18.7 Å². The molecule has 1 N–H and O–H groups in total. The van der Waals surface area contributed by atoms with Crippen LogP contribution in [0.1, 0.15) is 24.3 Å². The first kappa shape index (κ1) is 16.8. The van der Waals surface area contributed by atoms with Crippen molar-refractivity contribution in [1.29, 1.82) is 0 Å². The SMILES string of the molecule is C[C@@H](NC(=O)COC(=O)/C=C/c1ccccc1Cl)c1ccco1. The van der Waals surface area contributed by atoms with Gasteiger partial charge in [-0.15, -0.1) is 0 Å². The minimum atomic E-state index is -0.620. The average Bonchev–Trinajstić information content (AvgIpc) is 3.06. The van der Waals surface area contributed by atoms with Crippen LogP contribution in [0.3, 0.4) is 0 Å². The van der Waals surface area contributed by atoms with E-state index in [2.05, 4.69) is 5.32 Å². The summed E-state index contributed by atoms with van der Waals surface area (Å²) in [5.41, 5.74) is 0.696. The van der Waals surface area contributed by atoms with Gasteiger partial charge in [-0.3, -0.25) is 4.79 Å². The van der Waals surface area contributed by atoms with Gasteiger partial charge < -0.3 is 14.5 Å². The van der Waals surface area contributed by atoms with Crippen molar-refractivity contribution in [1.82, 2.24) is 5.32 Å². The number of amides is 1. The molecule has 0 aliphatic rings. The van der Waals surface area contributed by atoms with Crippen LogP contribution in [-0.2, 0) is 14.3 Å². The summed E-state index contributed by atoms with van der Waals surface area (Å²) in [5, 5.41) is 3.19. The molecule has 2 aromatic rings. The van der Waals surface area contributed by atoms with Gasteiger partial charge in [0.2, 0.25) is 0 Å². The number of halogens is 1. The van der Waals surface area contributed by atoms with Gasteiger partial charge in [0, 0.05) is 11.1 Å². The van der Waals surface area contributed by atoms with E-state index in [0.717, 1.165) is 0 Å². The summed E-state index contributed by atoms with van der Waals surface area (Å²) < 4.78 is 10.0. The molecule has 1 heterocycles. The average molecular weight is 334 g/mol. The Labute approximate surface area is 138 Å². The van der Waals surface area contributed by atoms with Crippen molar-refractivity contribution >= 4 is 29.6 Å². The van der Waals surface area contributed by atoms with Gasteiger partial charge in [-0.1, -0.05) is 29.8 Å². The molecule has 120 valence electrons. The zero-order valence-corrected chi connectivity index (χ0v) is 13.2. The molecule has 1 aromatic heterocycles. The van der Waals surface area contributed by atoms with Gasteiger partial charge in [-0.25, -0.2) is 4.79 Å². The zero-order chi connectivity index (χ0) is 16.7. The minimum Gasteiger partial charge on any atom is -0.467 e. The molecule has 0 radical (unpaired) electrons. The molecule has 23 heavy (non-hydrogen) atoms. The maximum absolute atomic E-state index is 11.7. The molecule has 0 aliphatic carbocycles. The van der Waals surface area contributed by atoms with Crippen LogP contribution in [0.15, 0.2) is 53.2 Å². The lowest BCUT2D eigenvalue weighted by Crippen LogP contribution is -2.30.